The van der Waals surface area contributed by atoms with Gasteiger partial charge in [0.15, 0.2) is 6.29 Å². The second-order valence-electron chi connectivity index (χ2n) is 11.1. The van der Waals surface area contributed by atoms with Gasteiger partial charge in [0.25, 0.3) is 0 Å². The highest BCUT2D eigenvalue weighted by molar-refractivity contribution is 5.86. The van der Waals surface area contributed by atoms with Crippen molar-refractivity contribution in [3.63, 3.8) is 0 Å². The maximum atomic E-state index is 11.0. The van der Waals surface area contributed by atoms with Gasteiger partial charge in [0.1, 0.15) is 6.61 Å². The highest BCUT2D eigenvalue weighted by Gasteiger charge is 2.25. The molecule has 0 aromatic heterocycles. The van der Waals surface area contributed by atoms with Crippen LogP contribution in [0.4, 0.5) is 0 Å². The van der Waals surface area contributed by atoms with E-state index in [2.05, 4.69) is 41.2 Å². The van der Waals surface area contributed by atoms with E-state index in [0.29, 0.717) is 43.5 Å². The van der Waals surface area contributed by atoms with Gasteiger partial charge in [-0.15, -0.1) is 0 Å². The average molecular weight is 621 g/mol. The van der Waals surface area contributed by atoms with E-state index in [4.69, 9.17) is 33.5 Å². The van der Waals surface area contributed by atoms with Gasteiger partial charge >= 0.3 is 11.9 Å². The van der Waals surface area contributed by atoms with Crippen LogP contribution in [-0.4, -0.2) is 80.8 Å². The van der Waals surface area contributed by atoms with Crippen LogP contribution in [0.15, 0.2) is 12.2 Å². The molecule has 1 rings (SSSR count). The molecule has 258 valence electrons. The average Bonchev–Trinajstić information content (AvgIpc) is 2.97. The molecule has 1 N–H and O–H groups in total. The van der Waals surface area contributed by atoms with Gasteiger partial charge in [0.05, 0.1) is 44.2 Å². The quantitative estimate of drug-likeness (QED) is 0.101. The predicted octanol–water partition coefficient (Wildman–Crippen LogP) is 7.42. The van der Waals surface area contributed by atoms with Crippen LogP contribution in [0.5, 0.6) is 0 Å². The van der Waals surface area contributed by atoms with E-state index >= 15 is 0 Å². The normalized spacial score (nSPS) is 19.5. The molecule has 0 aromatic rings. The summed E-state index contributed by atoms with van der Waals surface area (Å²) in [6.07, 6.45) is 9.33. The highest BCUT2D eigenvalue weighted by atomic mass is 16.7. The molecule has 0 amide bonds. The van der Waals surface area contributed by atoms with Crippen molar-refractivity contribution in [1.29, 1.82) is 0 Å². The zero-order chi connectivity index (χ0) is 33.6. The van der Waals surface area contributed by atoms with Gasteiger partial charge in [-0.1, -0.05) is 61.0 Å². The fourth-order valence-corrected chi connectivity index (χ4v) is 3.06. The summed E-state index contributed by atoms with van der Waals surface area (Å²) in [5.41, 5.74) is 0.405. The molecule has 0 saturated carbocycles. The Labute approximate surface area is 264 Å². The summed E-state index contributed by atoms with van der Waals surface area (Å²) in [5.74, 6) is 0.0208. The summed E-state index contributed by atoms with van der Waals surface area (Å²) >= 11 is 0. The molecule has 0 aliphatic carbocycles. The largest absolute Gasteiger partial charge is 0.463 e. The summed E-state index contributed by atoms with van der Waals surface area (Å²) in [5, 5.41) is 8.36. The van der Waals surface area contributed by atoms with Crippen molar-refractivity contribution >= 4 is 11.9 Å². The van der Waals surface area contributed by atoms with Crippen molar-refractivity contribution in [3.8, 4) is 0 Å². The third-order valence-corrected chi connectivity index (χ3v) is 6.39. The molecule has 0 spiro atoms. The van der Waals surface area contributed by atoms with Gasteiger partial charge < -0.3 is 33.5 Å². The molecule has 43 heavy (non-hydrogen) atoms. The first-order valence-corrected chi connectivity index (χ1v) is 16.4. The molecule has 1 fully saturated rings. The van der Waals surface area contributed by atoms with Gasteiger partial charge in [-0.05, 0) is 72.1 Å². The van der Waals surface area contributed by atoms with E-state index in [1.165, 1.54) is 19.8 Å². The second-order valence-corrected chi connectivity index (χ2v) is 11.1. The fraction of sp³-hybridized carbons (Fsp3) is 0.882. The summed E-state index contributed by atoms with van der Waals surface area (Å²) < 4.78 is 31.8. The number of unbranched alkanes of at least 4 members (excludes halogenated alkanes) is 1. The van der Waals surface area contributed by atoms with Crippen LogP contribution < -0.4 is 0 Å². The number of rotatable bonds is 17. The van der Waals surface area contributed by atoms with Gasteiger partial charge in [0, 0.05) is 19.1 Å². The highest BCUT2D eigenvalue weighted by Crippen LogP contribution is 2.23. The maximum Gasteiger partial charge on any atom is 0.333 e. The molecular weight excluding hydrogens is 552 g/mol. The summed E-state index contributed by atoms with van der Waals surface area (Å²) in [6.45, 7) is 27.5. The van der Waals surface area contributed by atoms with Crippen molar-refractivity contribution in [3.05, 3.63) is 12.2 Å². The summed E-state index contributed by atoms with van der Waals surface area (Å²) in [6, 6.07) is 0. The maximum absolute atomic E-state index is 11.0. The number of carbonyl (C=O) groups excluding carboxylic acids is 2. The van der Waals surface area contributed by atoms with Gasteiger partial charge in [0.2, 0.25) is 0 Å². The van der Waals surface area contributed by atoms with Gasteiger partial charge in [-0.3, -0.25) is 4.79 Å². The number of aliphatic hydroxyl groups is 1. The minimum absolute atomic E-state index is 0.0636. The Bertz CT molecular complexity index is 654. The van der Waals surface area contributed by atoms with Gasteiger partial charge in [-0.25, -0.2) is 4.79 Å². The molecule has 0 radical (unpaired) electrons. The first kappa shape index (κ1) is 45.9. The molecule has 9 heteroatoms. The SMILES string of the molecule is C=C(C)C(=O)OCCOCCOCC(C)CC.CCC(C)O.CCC(C)OC(C)=O.CCCCC1OC(C)CC(CC)O1. The minimum atomic E-state index is -0.373. The molecule has 1 aliphatic rings. The Balaban J connectivity index is -0.000000542. The summed E-state index contributed by atoms with van der Waals surface area (Å²) in [4.78, 5) is 21.2. The van der Waals surface area contributed by atoms with Crippen LogP contribution in [0.2, 0.25) is 0 Å². The zero-order valence-electron chi connectivity index (χ0n) is 29.6. The second kappa shape index (κ2) is 31.9. The fourth-order valence-electron chi connectivity index (χ4n) is 3.06. The Morgan fingerprint density at radius 1 is 0.907 bits per heavy atom. The van der Waals surface area contributed by atoms with Crippen molar-refractivity contribution in [2.24, 2.45) is 5.92 Å². The van der Waals surface area contributed by atoms with Crippen LogP contribution in [-0.2, 0) is 38.0 Å². The van der Waals surface area contributed by atoms with Crippen LogP contribution in [0.1, 0.15) is 128 Å². The first-order chi connectivity index (χ1) is 20.3. The molecule has 0 bridgehead atoms. The Hall–Kier alpha value is -1.52. The van der Waals surface area contributed by atoms with Crippen molar-refractivity contribution in [1.82, 2.24) is 0 Å². The smallest absolute Gasteiger partial charge is 0.333 e. The molecule has 6 atom stereocenters. The number of aliphatic hydroxyl groups excluding tert-OH is 1. The van der Waals surface area contributed by atoms with E-state index in [0.717, 1.165) is 45.1 Å². The molecule has 9 nitrogen and oxygen atoms in total. The summed E-state index contributed by atoms with van der Waals surface area (Å²) in [7, 11) is 0. The van der Waals surface area contributed by atoms with Crippen molar-refractivity contribution in [2.45, 2.75) is 158 Å². The number of hydrogen-bond donors (Lipinski definition) is 1. The van der Waals surface area contributed by atoms with Gasteiger partial charge in [-0.2, -0.15) is 0 Å². The van der Waals surface area contributed by atoms with Crippen molar-refractivity contribution in [2.75, 3.05) is 33.0 Å². The lowest BCUT2D eigenvalue weighted by Crippen LogP contribution is -2.36. The Morgan fingerprint density at radius 2 is 1.49 bits per heavy atom. The first-order valence-electron chi connectivity index (χ1n) is 16.4. The van der Waals surface area contributed by atoms with Crippen molar-refractivity contribution < 1.29 is 43.1 Å². The topological polar surface area (TPSA) is 110 Å². The van der Waals surface area contributed by atoms with Crippen LogP contribution in [0.25, 0.3) is 0 Å². The number of carbonyl (C=O) groups is 2. The number of hydrogen-bond acceptors (Lipinski definition) is 9. The monoisotopic (exact) mass is 620 g/mol. The standard InChI is InChI=1S/C13H24O4.C11H22O2.C6H12O2.C4H10O/c1-5-12(4)10-16-7-6-15-8-9-17-13(14)11(2)3;1-4-6-7-11-12-9(3)8-10(5-2)13-11;1-4-5(2)8-6(3)7;1-3-4(2)5/h12H,2,5-10H2,1,3-4H3;9-11H,4-8H2,1-3H3;5H,4H2,1-3H3;4-5H,3H2,1-2H3. The van der Waals surface area contributed by atoms with E-state index in [9.17, 15) is 9.59 Å². The van der Waals surface area contributed by atoms with E-state index in [1.807, 2.05) is 20.8 Å². The predicted molar refractivity (Wildman–Crippen MR) is 174 cm³/mol. The molecule has 6 unspecified atom stereocenters. The van der Waals surface area contributed by atoms with E-state index < -0.39 is 0 Å². The molecule has 0 aromatic carbocycles. The van der Waals surface area contributed by atoms with Crippen LogP contribution in [0, 0.1) is 5.92 Å². The lowest BCUT2D eigenvalue weighted by molar-refractivity contribution is -0.241. The lowest BCUT2D eigenvalue weighted by atomic mass is 10.1. The Morgan fingerprint density at radius 3 is 1.93 bits per heavy atom. The molecule has 1 aliphatic heterocycles. The molecule has 1 saturated heterocycles. The van der Waals surface area contributed by atoms with Crippen LogP contribution >= 0.6 is 0 Å². The Kier molecular flexibility index (Phi) is 34.0. The third kappa shape index (κ3) is 34.8. The zero-order valence-corrected chi connectivity index (χ0v) is 29.6. The molecule has 1 heterocycles. The van der Waals surface area contributed by atoms with E-state index in [-0.39, 0.29) is 37.0 Å². The minimum Gasteiger partial charge on any atom is -0.463 e. The third-order valence-electron chi connectivity index (χ3n) is 6.39. The van der Waals surface area contributed by atoms with E-state index in [1.54, 1.807) is 13.8 Å². The molecular formula is C34H68O9. The number of esters is 2. The number of ether oxygens (including phenoxy) is 6. The van der Waals surface area contributed by atoms with Crippen LogP contribution in [0.3, 0.4) is 0 Å². The lowest BCUT2D eigenvalue weighted by Gasteiger charge is -2.33.